The van der Waals surface area contributed by atoms with Gasteiger partial charge in [0.25, 0.3) is 0 Å². The van der Waals surface area contributed by atoms with Crippen molar-refractivity contribution in [2.75, 3.05) is 13.2 Å². The van der Waals surface area contributed by atoms with Crippen molar-refractivity contribution in [2.45, 2.75) is 89.0 Å². The van der Waals surface area contributed by atoms with Crippen molar-refractivity contribution in [1.82, 2.24) is 0 Å². The topological polar surface area (TPSA) is 27.7 Å². The van der Waals surface area contributed by atoms with E-state index in [2.05, 4.69) is 4.74 Å². The Bertz CT molecular complexity index is 963. The number of halogens is 9. The second-order valence-corrected chi connectivity index (χ2v) is 11.6. The van der Waals surface area contributed by atoms with E-state index < -0.39 is 90.4 Å². The molecule has 2 saturated carbocycles. The second-order valence-electron chi connectivity index (χ2n) is 11.6. The molecule has 1 spiro atoms. The minimum atomic E-state index is -4.43. The molecule has 1 aliphatic heterocycles. The Hall–Kier alpha value is -1.69. The Kier molecular flexibility index (Phi) is 7.75. The van der Waals surface area contributed by atoms with E-state index in [1.54, 1.807) is 0 Å². The van der Waals surface area contributed by atoms with Crippen molar-refractivity contribution < 1.29 is 53.7 Å². The summed E-state index contributed by atoms with van der Waals surface area (Å²) in [6.45, 7) is 4.60. The fraction of sp³-hybridized carbons (Fsp3) is 0.769. The van der Waals surface area contributed by atoms with Crippen molar-refractivity contribution >= 4 is 0 Å². The summed E-state index contributed by atoms with van der Waals surface area (Å²) in [6.07, 6.45) is -6.75. The molecule has 4 rings (SSSR count). The van der Waals surface area contributed by atoms with E-state index in [0.717, 1.165) is 0 Å². The van der Waals surface area contributed by atoms with Crippen LogP contribution in [0.15, 0.2) is 12.1 Å². The van der Waals surface area contributed by atoms with Crippen LogP contribution in [-0.2, 0) is 9.47 Å². The average Bonchev–Trinajstić information content (AvgIpc) is 2.84. The van der Waals surface area contributed by atoms with Gasteiger partial charge in [0.2, 0.25) is 0 Å². The molecule has 0 unspecified atom stereocenters. The lowest BCUT2D eigenvalue weighted by atomic mass is 9.72. The van der Waals surface area contributed by atoms with Crippen molar-refractivity contribution in [3.05, 3.63) is 29.6 Å². The van der Waals surface area contributed by atoms with Crippen LogP contribution < -0.4 is 4.74 Å². The van der Waals surface area contributed by atoms with Crippen molar-refractivity contribution in [3.63, 3.8) is 0 Å². The van der Waals surface area contributed by atoms with Crippen LogP contribution in [0.4, 0.5) is 39.5 Å². The smallest absolute Gasteiger partial charge is 0.400 e. The predicted octanol–water partition coefficient (Wildman–Crippen LogP) is 8.11. The first kappa shape index (κ1) is 29.3. The summed E-state index contributed by atoms with van der Waals surface area (Å²) in [5.41, 5.74) is -0.231. The summed E-state index contributed by atoms with van der Waals surface area (Å²) in [6, 6.07) is 0.483. The highest BCUT2D eigenvalue weighted by molar-refractivity contribution is 5.25. The largest absolute Gasteiger partial charge is 0.432 e. The van der Waals surface area contributed by atoms with Crippen LogP contribution in [-0.4, -0.2) is 37.0 Å². The molecule has 3 nitrogen and oxygen atoms in total. The molecule has 0 aromatic heterocycles. The number of benzene rings is 1. The molecule has 2 aliphatic carbocycles. The van der Waals surface area contributed by atoms with Gasteiger partial charge in [0.15, 0.2) is 23.2 Å². The molecule has 12 heteroatoms. The van der Waals surface area contributed by atoms with Crippen LogP contribution >= 0.6 is 0 Å². The van der Waals surface area contributed by atoms with Crippen LogP contribution in [0.25, 0.3) is 0 Å². The molecule has 0 atom stereocenters. The molecule has 216 valence electrons. The van der Waals surface area contributed by atoms with Crippen molar-refractivity contribution in [3.8, 4) is 5.75 Å². The summed E-state index contributed by atoms with van der Waals surface area (Å²) in [4.78, 5) is 0. The zero-order chi connectivity index (χ0) is 28.1. The van der Waals surface area contributed by atoms with E-state index in [4.69, 9.17) is 9.47 Å². The van der Waals surface area contributed by atoms with E-state index in [-0.39, 0.29) is 43.2 Å². The molecule has 1 heterocycles. The predicted molar refractivity (Wildman–Crippen MR) is 118 cm³/mol. The Labute approximate surface area is 215 Å². The van der Waals surface area contributed by atoms with Gasteiger partial charge >= 0.3 is 18.0 Å². The SMILES string of the molecule is CC1(C)COC2(CCC(C(F)(F)C(F)(F)[C@H]3CC[C@H](C(F)(F)Oc4cc(F)c(F)c(F)c4)CC3)CC2)OC1. The van der Waals surface area contributed by atoms with Gasteiger partial charge in [-0.25, -0.2) is 13.2 Å². The molecule has 0 bridgehead atoms. The number of alkyl halides is 6. The summed E-state index contributed by atoms with van der Waals surface area (Å²) in [5, 5.41) is 0. The van der Waals surface area contributed by atoms with Gasteiger partial charge in [0.05, 0.1) is 19.1 Å². The Morgan fingerprint density at radius 1 is 0.711 bits per heavy atom. The highest BCUT2D eigenvalue weighted by atomic mass is 19.3. The summed E-state index contributed by atoms with van der Waals surface area (Å²) in [5.74, 6) is -21.2. The maximum Gasteiger partial charge on any atom is 0.400 e. The van der Waals surface area contributed by atoms with Crippen LogP contribution in [0, 0.1) is 40.6 Å². The van der Waals surface area contributed by atoms with E-state index in [9.17, 15) is 22.0 Å². The summed E-state index contributed by atoms with van der Waals surface area (Å²) >= 11 is 0. The number of rotatable bonds is 6. The molecule has 0 radical (unpaired) electrons. The molecule has 0 N–H and O–H groups in total. The maximum atomic E-state index is 15.2. The number of hydrogen-bond donors (Lipinski definition) is 0. The second kappa shape index (κ2) is 10.1. The molecule has 3 aliphatic rings. The van der Waals surface area contributed by atoms with Gasteiger partial charge in [-0.05, 0) is 38.5 Å². The zero-order valence-corrected chi connectivity index (χ0v) is 21.1. The van der Waals surface area contributed by atoms with Gasteiger partial charge in [-0.2, -0.15) is 26.3 Å². The van der Waals surface area contributed by atoms with Gasteiger partial charge < -0.3 is 14.2 Å². The van der Waals surface area contributed by atoms with Crippen LogP contribution in [0.1, 0.15) is 65.2 Å². The van der Waals surface area contributed by atoms with Gasteiger partial charge in [-0.15, -0.1) is 0 Å². The quantitative estimate of drug-likeness (QED) is 0.259. The molecule has 38 heavy (non-hydrogen) atoms. The number of ether oxygens (including phenoxy) is 3. The van der Waals surface area contributed by atoms with Gasteiger partial charge in [0, 0.05) is 42.2 Å². The normalized spacial score (nSPS) is 26.9. The lowest BCUT2D eigenvalue weighted by Gasteiger charge is -2.48. The van der Waals surface area contributed by atoms with E-state index >= 15 is 17.6 Å². The fourth-order valence-electron chi connectivity index (χ4n) is 5.61. The Balaban J connectivity index is 1.35. The lowest BCUT2D eigenvalue weighted by Crippen LogP contribution is -2.56. The van der Waals surface area contributed by atoms with E-state index in [1.165, 1.54) is 0 Å². The molecule has 1 saturated heterocycles. The maximum absolute atomic E-state index is 15.2. The third kappa shape index (κ3) is 5.62. The van der Waals surface area contributed by atoms with Gasteiger partial charge in [-0.1, -0.05) is 13.8 Å². The first-order valence-electron chi connectivity index (χ1n) is 12.7. The fourth-order valence-corrected chi connectivity index (χ4v) is 5.61. The standard InChI is InChI=1S/C26H31F9O3/c1-22(2)13-36-23(37-14-22)9-7-16(8-10-23)25(32,33)24(30,31)15-3-5-17(6-4-15)26(34,35)38-18-11-19(27)21(29)20(28)12-18/h11-12,15-17H,3-10,13-14H2,1-2H3/t15-,17-. The molecular weight excluding hydrogens is 531 g/mol. The molecule has 3 fully saturated rings. The van der Waals surface area contributed by atoms with E-state index in [0.29, 0.717) is 13.2 Å². The highest BCUT2D eigenvalue weighted by Gasteiger charge is 2.65. The monoisotopic (exact) mass is 562 g/mol. The summed E-state index contributed by atoms with van der Waals surface area (Å²) < 4.78 is 146. The van der Waals surface area contributed by atoms with Crippen LogP contribution in [0.5, 0.6) is 5.75 Å². The van der Waals surface area contributed by atoms with Crippen LogP contribution in [0.3, 0.4) is 0 Å². The Morgan fingerprint density at radius 2 is 1.13 bits per heavy atom. The van der Waals surface area contributed by atoms with Gasteiger partial charge in [0.1, 0.15) is 5.75 Å². The first-order valence-corrected chi connectivity index (χ1v) is 12.7. The van der Waals surface area contributed by atoms with E-state index in [1.807, 2.05) is 13.8 Å². The third-order valence-corrected chi connectivity index (χ3v) is 8.08. The van der Waals surface area contributed by atoms with Crippen LogP contribution in [0.2, 0.25) is 0 Å². The third-order valence-electron chi connectivity index (χ3n) is 8.08. The van der Waals surface area contributed by atoms with Crippen molar-refractivity contribution in [2.24, 2.45) is 23.2 Å². The molecule has 0 amide bonds. The van der Waals surface area contributed by atoms with Crippen molar-refractivity contribution in [1.29, 1.82) is 0 Å². The lowest BCUT2D eigenvalue weighted by molar-refractivity contribution is -0.327. The minimum absolute atomic E-state index is 0.0558. The number of hydrogen-bond acceptors (Lipinski definition) is 3. The Morgan fingerprint density at radius 3 is 1.61 bits per heavy atom. The highest BCUT2D eigenvalue weighted by Crippen LogP contribution is 2.55. The summed E-state index contributed by atoms with van der Waals surface area (Å²) in [7, 11) is 0. The minimum Gasteiger partial charge on any atom is -0.432 e. The first-order chi connectivity index (χ1) is 17.5. The average molecular weight is 563 g/mol. The molecule has 1 aromatic carbocycles. The van der Waals surface area contributed by atoms with Gasteiger partial charge in [-0.3, -0.25) is 0 Å². The zero-order valence-electron chi connectivity index (χ0n) is 21.1. The molecule has 1 aromatic rings. The molecular formula is C26H31F9O3.